The Balaban J connectivity index is 1.18. The topological polar surface area (TPSA) is 140 Å². The van der Waals surface area contributed by atoms with Crippen molar-refractivity contribution in [3.63, 3.8) is 0 Å². The second-order valence-corrected chi connectivity index (χ2v) is 11.4. The molecule has 4 aromatic rings. The molecule has 0 saturated carbocycles. The van der Waals surface area contributed by atoms with Crippen molar-refractivity contribution in [2.45, 2.75) is 50.0 Å². The van der Waals surface area contributed by atoms with Gasteiger partial charge in [-0.15, -0.1) is 0 Å². The van der Waals surface area contributed by atoms with Gasteiger partial charge in [0.25, 0.3) is 5.91 Å². The molecule has 3 saturated heterocycles. The van der Waals surface area contributed by atoms with E-state index in [1.54, 1.807) is 24.4 Å². The second-order valence-electron chi connectivity index (χ2n) is 11.4. The molecule has 3 aromatic heterocycles. The van der Waals surface area contributed by atoms with E-state index in [2.05, 4.69) is 16.0 Å². The molecule has 0 radical (unpaired) electrons. The SMILES string of the molecule is COc1cc(C(=O)N2C3COCC2CC(O)C3)cnc1-c1cc2nccc(-c3ccc(OC4CCOCC4)c(C#N)c3)c2o1. The van der Waals surface area contributed by atoms with Crippen molar-refractivity contribution < 1.29 is 33.3 Å². The monoisotopic (exact) mass is 596 g/mol. The Morgan fingerprint density at radius 2 is 1.84 bits per heavy atom. The summed E-state index contributed by atoms with van der Waals surface area (Å²) < 4.78 is 29.2. The average molecular weight is 597 g/mol. The molecule has 3 aliphatic heterocycles. The Morgan fingerprint density at radius 1 is 1.05 bits per heavy atom. The van der Waals surface area contributed by atoms with Crippen LogP contribution < -0.4 is 9.47 Å². The molecule has 11 nitrogen and oxygen atoms in total. The number of ether oxygens (including phenoxy) is 4. The number of furan rings is 1. The first-order chi connectivity index (χ1) is 21.5. The largest absolute Gasteiger partial charge is 0.494 e. The van der Waals surface area contributed by atoms with E-state index in [0.29, 0.717) is 84.4 Å². The molecule has 44 heavy (non-hydrogen) atoms. The maximum Gasteiger partial charge on any atom is 0.256 e. The van der Waals surface area contributed by atoms with E-state index in [0.717, 1.165) is 24.0 Å². The summed E-state index contributed by atoms with van der Waals surface area (Å²) in [4.78, 5) is 24.5. The minimum Gasteiger partial charge on any atom is -0.494 e. The van der Waals surface area contributed by atoms with Gasteiger partial charge in [-0.2, -0.15) is 5.26 Å². The third kappa shape index (κ3) is 5.26. The second kappa shape index (κ2) is 11.9. The third-order valence-corrected chi connectivity index (χ3v) is 8.57. The van der Waals surface area contributed by atoms with Crippen LogP contribution in [0.2, 0.25) is 0 Å². The number of piperidine rings is 1. The minimum atomic E-state index is -0.436. The van der Waals surface area contributed by atoms with Crippen molar-refractivity contribution in [2.75, 3.05) is 33.5 Å². The molecule has 11 heteroatoms. The van der Waals surface area contributed by atoms with Gasteiger partial charge < -0.3 is 33.4 Å². The lowest BCUT2D eigenvalue weighted by atomic mass is 9.91. The number of nitrogens with zero attached hydrogens (tertiary/aromatic N) is 4. The molecule has 2 unspecified atom stereocenters. The van der Waals surface area contributed by atoms with E-state index in [1.807, 2.05) is 23.1 Å². The van der Waals surface area contributed by atoms with Gasteiger partial charge in [0.15, 0.2) is 11.3 Å². The van der Waals surface area contributed by atoms with E-state index >= 15 is 0 Å². The predicted molar refractivity (Wildman–Crippen MR) is 158 cm³/mol. The van der Waals surface area contributed by atoms with Crippen LogP contribution in [-0.4, -0.2) is 83.7 Å². The van der Waals surface area contributed by atoms with Gasteiger partial charge in [0, 0.05) is 36.9 Å². The number of hydrogen-bond donors (Lipinski definition) is 1. The molecule has 6 heterocycles. The Kier molecular flexibility index (Phi) is 7.64. The lowest BCUT2D eigenvalue weighted by Gasteiger charge is -2.47. The van der Waals surface area contributed by atoms with E-state index in [9.17, 15) is 15.2 Å². The number of benzene rings is 1. The number of aromatic nitrogens is 2. The van der Waals surface area contributed by atoms with Crippen LogP contribution in [0.3, 0.4) is 0 Å². The number of aliphatic hydroxyl groups is 1. The first-order valence-electron chi connectivity index (χ1n) is 14.8. The molecule has 1 amide bonds. The summed E-state index contributed by atoms with van der Waals surface area (Å²) in [5.74, 6) is 1.20. The fourth-order valence-corrected chi connectivity index (χ4v) is 6.41. The number of pyridine rings is 2. The summed E-state index contributed by atoms with van der Waals surface area (Å²) in [7, 11) is 1.52. The van der Waals surface area contributed by atoms with E-state index in [1.165, 1.54) is 13.3 Å². The van der Waals surface area contributed by atoms with Gasteiger partial charge >= 0.3 is 0 Å². The minimum absolute atomic E-state index is 0.0209. The average Bonchev–Trinajstić information content (AvgIpc) is 3.49. The Bertz CT molecular complexity index is 1730. The number of nitriles is 1. The quantitative estimate of drug-likeness (QED) is 0.341. The fraction of sp³-hybridized carbons (Fsp3) is 0.394. The van der Waals surface area contributed by atoms with Crippen LogP contribution in [0.1, 0.15) is 41.6 Å². The lowest BCUT2D eigenvalue weighted by Crippen LogP contribution is -2.60. The van der Waals surface area contributed by atoms with Crippen molar-refractivity contribution in [3.05, 3.63) is 59.9 Å². The van der Waals surface area contributed by atoms with Crippen molar-refractivity contribution in [1.82, 2.24) is 14.9 Å². The molecule has 0 spiro atoms. The number of carbonyl (C=O) groups excluding carboxylic acids is 1. The highest BCUT2D eigenvalue weighted by Gasteiger charge is 2.41. The zero-order valence-corrected chi connectivity index (χ0v) is 24.3. The van der Waals surface area contributed by atoms with E-state index < -0.39 is 6.10 Å². The molecular formula is C33H32N4O7. The van der Waals surface area contributed by atoms with Gasteiger partial charge in [0.1, 0.15) is 34.9 Å². The molecule has 2 bridgehead atoms. The van der Waals surface area contributed by atoms with Gasteiger partial charge in [-0.3, -0.25) is 9.78 Å². The highest BCUT2D eigenvalue weighted by molar-refractivity contribution is 5.96. The number of rotatable bonds is 6. The predicted octanol–water partition coefficient (Wildman–Crippen LogP) is 4.36. The van der Waals surface area contributed by atoms with E-state index in [-0.39, 0.29) is 24.1 Å². The molecule has 1 N–H and O–H groups in total. The zero-order valence-electron chi connectivity index (χ0n) is 24.3. The van der Waals surface area contributed by atoms with Crippen LogP contribution >= 0.6 is 0 Å². The number of fused-ring (bicyclic) bond motifs is 3. The smallest absolute Gasteiger partial charge is 0.256 e. The first kappa shape index (κ1) is 28.3. The zero-order chi connectivity index (χ0) is 30.2. The number of methoxy groups -OCH3 is 1. The Hall–Kier alpha value is -4.50. The van der Waals surface area contributed by atoms with Crippen LogP contribution in [0.4, 0.5) is 0 Å². The maximum absolute atomic E-state index is 13.6. The molecule has 3 fully saturated rings. The van der Waals surface area contributed by atoms with Crippen LogP contribution in [0.5, 0.6) is 11.5 Å². The molecule has 2 atom stereocenters. The summed E-state index contributed by atoms with van der Waals surface area (Å²) in [5.41, 5.74) is 3.96. The summed E-state index contributed by atoms with van der Waals surface area (Å²) >= 11 is 0. The molecule has 7 rings (SSSR count). The lowest BCUT2D eigenvalue weighted by molar-refractivity contribution is -0.0871. The van der Waals surface area contributed by atoms with Crippen molar-refractivity contribution in [1.29, 1.82) is 5.26 Å². The molecule has 3 aliphatic rings. The Morgan fingerprint density at radius 3 is 2.59 bits per heavy atom. The number of hydrogen-bond acceptors (Lipinski definition) is 10. The van der Waals surface area contributed by atoms with Gasteiger partial charge in [-0.1, -0.05) is 6.07 Å². The van der Waals surface area contributed by atoms with Gasteiger partial charge in [0.2, 0.25) is 0 Å². The fourth-order valence-electron chi connectivity index (χ4n) is 6.41. The number of amides is 1. The number of aliphatic hydroxyl groups excluding tert-OH is 1. The highest BCUT2D eigenvalue weighted by Crippen LogP contribution is 2.38. The van der Waals surface area contributed by atoms with Crippen LogP contribution in [0.25, 0.3) is 33.7 Å². The summed E-state index contributed by atoms with van der Waals surface area (Å²) in [6.07, 6.45) is 5.36. The van der Waals surface area contributed by atoms with Crippen LogP contribution in [0.15, 0.2) is 53.2 Å². The highest BCUT2D eigenvalue weighted by atomic mass is 16.5. The Labute approximate surface area is 253 Å². The van der Waals surface area contributed by atoms with Crippen molar-refractivity contribution in [2.24, 2.45) is 0 Å². The molecule has 0 aliphatic carbocycles. The van der Waals surface area contributed by atoms with Gasteiger partial charge in [-0.05, 0) is 42.7 Å². The third-order valence-electron chi connectivity index (χ3n) is 8.57. The maximum atomic E-state index is 13.6. The standard InChI is InChI=1S/C33H32N4O7/c1-40-29-11-21(33(39)37-22-12-24(38)13-23(37)18-42-17-22)16-36-31(29)30-14-27-32(44-30)26(4-7-35-27)19-2-3-28(20(10-19)15-34)43-25-5-8-41-9-6-25/h2-4,7,10-11,14,16,22-25,38H,5-6,8-9,12-13,17-18H2,1H3. The molecule has 226 valence electrons. The summed E-state index contributed by atoms with van der Waals surface area (Å²) in [5, 5.41) is 20.1. The first-order valence-corrected chi connectivity index (χ1v) is 14.8. The number of morpholine rings is 1. The molecular weight excluding hydrogens is 564 g/mol. The van der Waals surface area contributed by atoms with Crippen LogP contribution in [-0.2, 0) is 9.47 Å². The van der Waals surface area contributed by atoms with Gasteiger partial charge in [-0.25, -0.2) is 4.98 Å². The summed E-state index contributed by atoms with van der Waals surface area (Å²) in [6, 6.07) is 12.7. The van der Waals surface area contributed by atoms with Crippen LogP contribution in [0, 0.1) is 11.3 Å². The normalized spacial score (nSPS) is 22.0. The number of carbonyl (C=O) groups is 1. The van der Waals surface area contributed by atoms with Crippen molar-refractivity contribution >= 4 is 17.0 Å². The van der Waals surface area contributed by atoms with Crippen molar-refractivity contribution in [3.8, 4) is 40.1 Å². The molecule has 1 aromatic carbocycles. The summed E-state index contributed by atoms with van der Waals surface area (Å²) in [6.45, 7) is 2.10. The van der Waals surface area contributed by atoms with E-state index in [4.69, 9.17) is 23.4 Å². The van der Waals surface area contributed by atoms with Gasteiger partial charge in [0.05, 0.1) is 62.9 Å².